The van der Waals surface area contributed by atoms with Gasteiger partial charge in [-0.1, -0.05) is 23.7 Å². The van der Waals surface area contributed by atoms with Gasteiger partial charge in [0.1, 0.15) is 5.69 Å². The van der Waals surface area contributed by atoms with Crippen molar-refractivity contribution >= 4 is 23.4 Å². The van der Waals surface area contributed by atoms with Crippen LogP contribution in [-0.4, -0.2) is 31.7 Å². The molecule has 1 unspecified atom stereocenters. The van der Waals surface area contributed by atoms with Crippen molar-refractivity contribution < 1.29 is 9.59 Å². The molecule has 0 N–H and O–H groups in total. The zero-order valence-electron chi connectivity index (χ0n) is 13.8. The second-order valence-corrected chi connectivity index (χ2v) is 6.29. The Morgan fingerprint density at radius 3 is 2.19 bits per heavy atom. The number of carbonyl (C=O) groups is 2. The number of hydrogen-bond acceptors (Lipinski definition) is 5. The van der Waals surface area contributed by atoms with Crippen LogP contribution in [0.5, 0.6) is 0 Å². The van der Waals surface area contributed by atoms with Gasteiger partial charge in [-0.05, 0) is 31.2 Å². The molecular formula is C19H13ClN4O2. The first-order chi connectivity index (χ1) is 12.6. The van der Waals surface area contributed by atoms with Crippen LogP contribution < -0.4 is 0 Å². The molecule has 26 heavy (non-hydrogen) atoms. The van der Waals surface area contributed by atoms with Gasteiger partial charge in [0.25, 0.3) is 11.8 Å². The minimum Gasteiger partial charge on any atom is -0.269 e. The summed E-state index contributed by atoms with van der Waals surface area (Å²) in [4.78, 5) is 39.7. The fourth-order valence-electron chi connectivity index (χ4n) is 3.05. The Hall–Kier alpha value is -3.12. The number of halogens is 1. The summed E-state index contributed by atoms with van der Waals surface area (Å²) < 4.78 is 0. The third kappa shape index (κ3) is 2.55. The number of hydrogen-bond donors (Lipinski definition) is 0. The van der Waals surface area contributed by atoms with Gasteiger partial charge in [-0.25, -0.2) is 0 Å². The quantitative estimate of drug-likeness (QED) is 0.664. The van der Waals surface area contributed by atoms with Gasteiger partial charge >= 0.3 is 0 Å². The standard InChI is InChI=1S/C19H13ClN4O2/c1-11(24-18(25)13-4-2-3-5-14(13)19(24)26)16-17(22-9-8-21-16)15-7-6-12(20)10-23-15/h2-11H,1H3. The number of fused-ring (bicyclic) bond motifs is 1. The SMILES string of the molecule is CC(c1nccnc1-c1ccc(Cl)cn1)N1C(=O)c2ccccc2C1=O. The second kappa shape index (κ2) is 6.31. The van der Waals surface area contributed by atoms with Crippen LogP contribution in [-0.2, 0) is 0 Å². The lowest BCUT2D eigenvalue weighted by Gasteiger charge is -2.23. The Morgan fingerprint density at radius 2 is 1.58 bits per heavy atom. The summed E-state index contributed by atoms with van der Waals surface area (Å²) in [5, 5.41) is 0.507. The first-order valence-electron chi connectivity index (χ1n) is 7.97. The molecule has 1 aliphatic heterocycles. The molecule has 0 bridgehead atoms. The number of amides is 2. The highest BCUT2D eigenvalue weighted by molar-refractivity contribution is 6.30. The number of imide groups is 1. The Kier molecular flexibility index (Phi) is 3.97. The zero-order chi connectivity index (χ0) is 18.3. The molecule has 2 aromatic heterocycles. The lowest BCUT2D eigenvalue weighted by atomic mass is 10.1. The largest absolute Gasteiger partial charge is 0.269 e. The zero-order valence-corrected chi connectivity index (χ0v) is 14.5. The first kappa shape index (κ1) is 16.4. The van der Waals surface area contributed by atoms with Crippen LogP contribution in [0.3, 0.4) is 0 Å². The van der Waals surface area contributed by atoms with E-state index in [1.165, 1.54) is 17.3 Å². The van der Waals surface area contributed by atoms with E-state index >= 15 is 0 Å². The average Bonchev–Trinajstić information content (AvgIpc) is 2.93. The number of benzene rings is 1. The molecule has 1 atom stereocenters. The van der Waals surface area contributed by atoms with E-state index in [9.17, 15) is 9.59 Å². The van der Waals surface area contributed by atoms with Gasteiger partial charge in [0.05, 0.1) is 33.6 Å². The summed E-state index contributed by atoms with van der Waals surface area (Å²) in [5.41, 5.74) is 2.38. The minimum absolute atomic E-state index is 0.334. The second-order valence-electron chi connectivity index (χ2n) is 5.85. The average molecular weight is 365 g/mol. The smallest absolute Gasteiger partial charge is 0.262 e. The van der Waals surface area contributed by atoms with Gasteiger partial charge in [0.2, 0.25) is 0 Å². The Morgan fingerprint density at radius 1 is 0.923 bits per heavy atom. The van der Waals surface area contributed by atoms with E-state index in [0.29, 0.717) is 33.2 Å². The van der Waals surface area contributed by atoms with Crippen LogP contribution in [0.4, 0.5) is 0 Å². The maximum atomic E-state index is 12.7. The van der Waals surface area contributed by atoms with Gasteiger partial charge < -0.3 is 0 Å². The maximum absolute atomic E-state index is 12.7. The third-order valence-electron chi connectivity index (χ3n) is 4.31. The van der Waals surface area contributed by atoms with Gasteiger partial charge in [-0.15, -0.1) is 0 Å². The van der Waals surface area contributed by atoms with Crippen LogP contribution in [0.15, 0.2) is 55.0 Å². The molecule has 1 aliphatic rings. The Bertz CT molecular complexity index is 985. The van der Waals surface area contributed by atoms with Gasteiger partial charge in [-0.3, -0.25) is 29.4 Å². The predicted octanol–water partition coefficient (Wildman–Crippen LogP) is 3.55. The van der Waals surface area contributed by atoms with E-state index in [-0.39, 0.29) is 11.8 Å². The lowest BCUT2D eigenvalue weighted by molar-refractivity contribution is 0.0592. The van der Waals surface area contributed by atoms with Crippen LogP contribution >= 0.6 is 11.6 Å². The number of carbonyl (C=O) groups excluding carboxylic acids is 2. The molecule has 0 saturated heterocycles. The van der Waals surface area contributed by atoms with Crippen LogP contribution in [0.1, 0.15) is 39.4 Å². The van der Waals surface area contributed by atoms with Crippen LogP contribution in [0.2, 0.25) is 5.02 Å². The van der Waals surface area contributed by atoms with Crippen molar-refractivity contribution in [3.63, 3.8) is 0 Å². The van der Waals surface area contributed by atoms with Crippen molar-refractivity contribution in [2.75, 3.05) is 0 Å². The van der Waals surface area contributed by atoms with Crippen LogP contribution in [0.25, 0.3) is 11.4 Å². The van der Waals surface area contributed by atoms with Gasteiger partial charge in [0, 0.05) is 18.6 Å². The molecule has 0 spiro atoms. The van der Waals surface area contributed by atoms with E-state index in [1.54, 1.807) is 49.5 Å². The summed E-state index contributed by atoms with van der Waals surface area (Å²) in [7, 11) is 0. The Balaban J connectivity index is 1.77. The molecule has 2 amide bonds. The molecule has 0 aliphatic carbocycles. The van der Waals surface area contributed by atoms with E-state index in [1.807, 2.05) is 0 Å². The maximum Gasteiger partial charge on any atom is 0.262 e. The van der Waals surface area contributed by atoms with Crippen molar-refractivity contribution in [2.45, 2.75) is 13.0 Å². The first-order valence-corrected chi connectivity index (χ1v) is 8.35. The summed E-state index contributed by atoms with van der Waals surface area (Å²) in [6, 6.07) is 9.62. The van der Waals surface area contributed by atoms with Crippen molar-refractivity contribution in [1.82, 2.24) is 19.9 Å². The molecule has 7 heteroatoms. The molecule has 0 saturated carbocycles. The fraction of sp³-hybridized carbons (Fsp3) is 0.105. The van der Waals surface area contributed by atoms with Crippen molar-refractivity contribution in [3.8, 4) is 11.4 Å². The topological polar surface area (TPSA) is 76.1 Å². The highest BCUT2D eigenvalue weighted by Gasteiger charge is 2.40. The van der Waals surface area contributed by atoms with Gasteiger partial charge in [0.15, 0.2) is 0 Å². The number of pyridine rings is 1. The molecule has 3 aromatic rings. The predicted molar refractivity (Wildman–Crippen MR) is 95.6 cm³/mol. The van der Waals surface area contributed by atoms with Gasteiger partial charge in [-0.2, -0.15) is 0 Å². The van der Waals surface area contributed by atoms with Crippen molar-refractivity contribution in [1.29, 1.82) is 0 Å². The van der Waals surface area contributed by atoms with E-state index in [4.69, 9.17) is 11.6 Å². The number of nitrogens with zero attached hydrogens (tertiary/aromatic N) is 4. The van der Waals surface area contributed by atoms with E-state index in [2.05, 4.69) is 15.0 Å². The van der Waals surface area contributed by atoms with E-state index < -0.39 is 6.04 Å². The molecule has 3 heterocycles. The van der Waals surface area contributed by atoms with Crippen molar-refractivity contribution in [2.24, 2.45) is 0 Å². The fourth-order valence-corrected chi connectivity index (χ4v) is 3.16. The minimum atomic E-state index is -0.594. The summed E-state index contributed by atoms with van der Waals surface area (Å²) in [6.45, 7) is 1.76. The molecule has 4 rings (SSSR count). The molecule has 128 valence electrons. The number of rotatable bonds is 3. The molecule has 6 nitrogen and oxygen atoms in total. The number of aromatic nitrogens is 3. The molecule has 1 aromatic carbocycles. The lowest BCUT2D eigenvalue weighted by Crippen LogP contribution is -2.33. The summed E-state index contributed by atoms with van der Waals surface area (Å²) >= 11 is 5.90. The highest BCUT2D eigenvalue weighted by Crippen LogP contribution is 2.33. The van der Waals surface area contributed by atoms with Crippen molar-refractivity contribution in [3.05, 3.63) is 76.8 Å². The van der Waals surface area contributed by atoms with Crippen LogP contribution in [0, 0.1) is 0 Å². The highest BCUT2D eigenvalue weighted by atomic mass is 35.5. The normalized spacial score (nSPS) is 14.5. The van der Waals surface area contributed by atoms with E-state index in [0.717, 1.165) is 0 Å². The third-order valence-corrected chi connectivity index (χ3v) is 4.53. The molecule has 0 radical (unpaired) electrons. The summed E-state index contributed by atoms with van der Waals surface area (Å²) in [5.74, 6) is -0.669. The molecule has 0 fully saturated rings. The monoisotopic (exact) mass is 364 g/mol. The Labute approximate surface area is 154 Å². The summed E-state index contributed by atoms with van der Waals surface area (Å²) in [6.07, 6.45) is 4.59. The molecular weight excluding hydrogens is 352 g/mol.